The molecular formula is C11H14BrClO3S. The van der Waals surface area contributed by atoms with Crippen LogP contribution in [0.4, 0.5) is 0 Å². The number of aliphatic hydroxyl groups excluding tert-OH is 1. The fourth-order valence-corrected chi connectivity index (χ4v) is 3.01. The van der Waals surface area contributed by atoms with Gasteiger partial charge in [-0.25, -0.2) is 8.42 Å². The van der Waals surface area contributed by atoms with E-state index in [1.165, 1.54) is 0 Å². The third-order valence-electron chi connectivity index (χ3n) is 2.69. The first-order chi connectivity index (χ1) is 7.72. The van der Waals surface area contributed by atoms with Gasteiger partial charge in [-0.1, -0.05) is 46.6 Å². The zero-order chi connectivity index (χ0) is 13.3. The maximum absolute atomic E-state index is 11.7. The van der Waals surface area contributed by atoms with Gasteiger partial charge >= 0.3 is 0 Å². The zero-order valence-corrected chi connectivity index (χ0v) is 12.7. The molecule has 0 bridgehead atoms. The summed E-state index contributed by atoms with van der Waals surface area (Å²) in [6.45, 7) is 1.64. The maximum atomic E-state index is 11.7. The van der Waals surface area contributed by atoms with E-state index in [1.807, 2.05) is 0 Å². The predicted octanol–water partition coefficient (Wildman–Crippen LogP) is 2.87. The van der Waals surface area contributed by atoms with E-state index >= 15 is 0 Å². The molecule has 3 nitrogen and oxygen atoms in total. The van der Waals surface area contributed by atoms with E-state index in [0.717, 1.165) is 10.7 Å². The fraction of sp³-hybridized carbons (Fsp3) is 0.455. The van der Waals surface area contributed by atoms with Crippen LogP contribution in [-0.4, -0.2) is 24.0 Å². The highest BCUT2D eigenvalue weighted by Crippen LogP contribution is 2.39. The highest BCUT2D eigenvalue weighted by molar-refractivity contribution is 9.10. The minimum absolute atomic E-state index is 0.130. The fourth-order valence-electron chi connectivity index (χ4n) is 1.55. The minimum atomic E-state index is -3.57. The molecule has 1 aromatic carbocycles. The topological polar surface area (TPSA) is 54.4 Å². The van der Waals surface area contributed by atoms with Crippen LogP contribution in [0.2, 0.25) is 0 Å². The van der Waals surface area contributed by atoms with Gasteiger partial charge in [-0.3, -0.25) is 0 Å². The lowest BCUT2D eigenvalue weighted by Crippen LogP contribution is -2.37. The maximum Gasteiger partial charge on any atom is 0.174 e. The molecule has 0 aliphatic carbocycles. The average Bonchev–Trinajstić information content (AvgIpc) is 2.26. The number of hydrogen-bond acceptors (Lipinski definition) is 3. The van der Waals surface area contributed by atoms with Crippen molar-refractivity contribution < 1.29 is 13.5 Å². The Morgan fingerprint density at radius 3 is 2.24 bits per heavy atom. The largest absolute Gasteiger partial charge is 0.385 e. The molecule has 0 aromatic heterocycles. The second kappa shape index (κ2) is 5.26. The van der Waals surface area contributed by atoms with Gasteiger partial charge in [0.15, 0.2) is 14.0 Å². The summed E-state index contributed by atoms with van der Waals surface area (Å²) in [7, 11) is -3.57. The molecule has 0 aliphatic rings. The van der Waals surface area contributed by atoms with Crippen molar-refractivity contribution in [1.29, 1.82) is 0 Å². The van der Waals surface area contributed by atoms with Gasteiger partial charge < -0.3 is 5.11 Å². The summed E-state index contributed by atoms with van der Waals surface area (Å²) in [6, 6.07) is 6.75. The zero-order valence-electron chi connectivity index (χ0n) is 9.52. The number of aliphatic hydroxyl groups is 1. The van der Waals surface area contributed by atoms with Crippen molar-refractivity contribution in [2.75, 3.05) is 6.26 Å². The molecule has 1 aromatic rings. The second-order valence-corrected chi connectivity index (χ2v) is 7.95. The van der Waals surface area contributed by atoms with Gasteiger partial charge in [0.25, 0.3) is 0 Å². The van der Waals surface area contributed by atoms with Crippen LogP contribution in [0.1, 0.15) is 25.0 Å². The van der Waals surface area contributed by atoms with Crippen LogP contribution in [-0.2, 0) is 9.84 Å². The van der Waals surface area contributed by atoms with E-state index in [2.05, 4.69) is 15.9 Å². The quantitative estimate of drug-likeness (QED) is 0.857. The molecule has 0 heterocycles. The smallest absolute Gasteiger partial charge is 0.174 e. The molecule has 1 rings (SSSR count). The summed E-state index contributed by atoms with van der Waals surface area (Å²) in [4.78, 5) is 0. The van der Waals surface area contributed by atoms with Crippen molar-refractivity contribution in [2.24, 2.45) is 0 Å². The van der Waals surface area contributed by atoms with Crippen LogP contribution >= 0.6 is 27.5 Å². The lowest BCUT2D eigenvalue weighted by atomic mass is 10.0. The number of benzene rings is 1. The van der Waals surface area contributed by atoms with E-state index in [1.54, 1.807) is 31.2 Å². The van der Waals surface area contributed by atoms with E-state index < -0.39 is 20.1 Å². The highest BCUT2D eigenvalue weighted by Gasteiger charge is 2.44. The Balaban J connectivity index is 3.19. The van der Waals surface area contributed by atoms with Gasteiger partial charge in [0, 0.05) is 10.7 Å². The number of alkyl halides is 1. The molecule has 2 atom stereocenters. The minimum Gasteiger partial charge on any atom is -0.385 e. The van der Waals surface area contributed by atoms with Crippen molar-refractivity contribution in [2.45, 2.75) is 23.7 Å². The molecule has 0 fully saturated rings. The summed E-state index contributed by atoms with van der Waals surface area (Å²) in [5.74, 6) is 0. The molecule has 0 radical (unpaired) electrons. The average molecular weight is 342 g/mol. The molecule has 0 spiro atoms. The summed E-state index contributed by atoms with van der Waals surface area (Å²) in [6.07, 6.45) is -0.0896. The van der Waals surface area contributed by atoms with Gasteiger partial charge in [0.2, 0.25) is 0 Å². The SMILES string of the molecule is CC[C@@](Cl)([C@@H](O)c1ccc(Br)cc1)S(C)(=O)=O. The summed E-state index contributed by atoms with van der Waals surface area (Å²) >= 11 is 9.34. The standard InChI is InChI=1S/C11H14BrClO3S/c1-3-11(13,17(2,15)16)10(14)8-4-6-9(12)7-5-8/h4-7,10,14H,3H2,1-2H3/t10-,11-/m0/s1. The molecule has 6 heteroatoms. The number of rotatable bonds is 4. The first-order valence-corrected chi connectivity index (χ1v) is 8.10. The number of halogens is 2. The van der Waals surface area contributed by atoms with E-state index in [9.17, 15) is 13.5 Å². The summed E-state index contributed by atoms with van der Waals surface area (Å²) < 4.78 is 22.5. The predicted molar refractivity (Wildman–Crippen MR) is 72.8 cm³/mol. The Morgan fingerprint density at radius 2 is 1.88 bits per heavy atom. The van der Waals surface area contributed by atoms with E-state index in [4.69, 9.17) is 11.6 Å². The third kappa shape index (κ3) is 3.02. The molecule has 0 unspecified atom stereocenters. The first-order valence-electron chi connectivity index (χ1n) is 5.04. The molecular weight excluding hydrogens is 328 g/mol. The third-order valence-corrected chi connectivity index (χ3v) is 6.28. The van der Waals surface area contributed by atoms with E-state index in [-0.39, 0.29) is 6.42 Å². The normalized spacial score (nSPS) is 17.5. The van der Waals surface area contributed by atoms with Crippen LogP contribution in [0.15, 0.2) is 28.7 Å². The van der Waals surface area contributed by atoms with Gasteiger partial charge in [0.1, 0.15) is 6.10 Å². The Kier molecular flexibility index (Phi) is 4.63. The molecule has 0 amide bonds. The van der Waals surface area contributed by atoms with Crippen LogP contribution in [0.25, 0.3) is 0 Å². The molecule has 17 heavy (non-hydrogen) atoms. The van der Waals surface area contributed by atoms with Crippen LogP contribution in [0.3, 0.4) is 0 Å². The summed E-state index contributed by atoms with van der Waals surface area (Å²) in [5.41, 5.74) is 0.482. The van der Waals surface area contributed by atoms with Crippen molar-refractivity contribution in [3.63, 3.8) is 0 Å². The second-order valence-electron chi connectivity index (χ2n) is 3.87. The molecule has 0 saturated heterocycles. The highest BCUT2D eigenvalue weighted by atomic mass is 79.9. The van der Waals surface area contributed by atoms with Crippen molar-refractivity contribution >= 4 is 37.4 Å². The Hall–Kier alpha value is -0.100. The molecule has 96 valence electrons. The van der Waals surface area contributed by atoms with Gasteiger partial charge in [-0.15, -0.1) is 0 Å². The molecule has 1 N–H and O–H groups in total. The Labute approximate surface area is 115 Å². The summed E-state index contributed by atoms with van der Waals surface area (Å²) in [5, 5.41) is 10.1. The molecule has 0 aliphatic heterocycles. The van der Waals surface area contributed by atoms with Crippen molar-refractivity contribution in [3.8, 4) is 0 Å². The van der Waals surface area contributed by atoms with Crippen LogP contribution in [0.5, 0.6) is 0 Å². The first kappa shape index (κ1) is 15.0. The van der Waals surface area contributed by atoms with Crippen molar-refractivity contribution in [3.05, 3.63) is 34.3 Å². The Morgan fingerprint density at radius 1 is 1.41 bits per heavy atom. The molecule has 0 saturated carbocycles. The number of hydrogen-bond donors (Lipinski definition) is 1. The van der Waals surface area contributed by atoms with Crippen LogP contribution in [0, 0.1) is 0 Å². The van der Waals surface area contributed by atoms with Gasteiger partial charge in [-0.2, -0.15) is 0 Å². The Bertz CT molecular complexity index is 486. The number of sulfone groups is 1. The van der Waals surface area contributed by atoms with Gasteiger partial charge in [-0.05, 0) is 24.1 Å². The van der Waals surface area contributed by atoms with E-state index in [0.29, 0.717) is 5.56 Å². The van der Waals surface area contributed by atoms with Crippen molar-refractivity contribution in [1.82, 2.24) is 0 Å². The lowest BCUT2D eigenvalue weighted by molar-refractivity contribution is 0.155. The van der Waals surface area contributed by atoms with Gasteiger partial charge in [0.05, 0.1) is 0 Å². The van der Waals surface area contributed by atoms with Crippen LogP contribution < -0.4 is 0 Å². The lowest BCUT2D eigenvalue weighted by Gasteiger charge is -2.29. The monoisotopic (exact) mass is 340 g/mol.